The van der Waals surface area contributed by atoms with Crippen molar-refractivity contribution in [1.29, 1.82) is 0 Å². The van der Waals surface area contributed by atoms with E-state index >= 15 is 0 Å². The molecule has 0 saturated heterocycles. The van der Waals surface area contributed by atoms with Gasteiger partial charge in [-0.15, -0.1) is 0 Å². The van der Waals surface area contributed by atoms with Gasteiger partial charge in [-0.25, -0.2) is 9.78 Å². The highest BCUT2D eigenvalue weighted by molar-refractivity contribution is 9.10. The van der Waals surface area contributed by atoms with Crippen molar-refractivity contribution in [3.05, 3.63) is 34.2 Å². The molecular formula is C10H7BrCl2N2O2. The van der Waals surface area contributed by atoms with Gasteiger partial charge in [-0.2, -0.15) is 0 Å². The first kappa shape index (κ1) is 12.7. The number of imidazole rings is 1. The normalized spacial score (nSPS) is 11.1. The quantitative estimate of drug-likeness (QED) is 0.623. The second-order valence-electron chi connectivity index (χ2n) is 3.27. The van der Waals surface area contributed by atoms with Crippen LogP contribution in [-0.2, 0) is 4.74 Å². The number of ether oxygens (including phenoxy) is 1. The van der Waals surface area contributed by atoms with E-state index in [1.54, 1.807) is 22.9 Å². The largest absolute Gasteiger partial charge is 0.465 e. The predicted molar refractivity (Wildman–Crippen MR) is 68.7 cm³/mol. The zero-order valence-electron chi connectivity index (χ0n) is 8.65. The van der Waals surface area contributed by atoms with Crippen LogP contribution in [-0.4, -0.2) is 22.5 Å². The standard InChI is InChI=1S/C10H7BrCl2N2O2/c1-17-10(16)5-2-6(11)9-14-7(8(12)13)4-15(9)3-5/h2-4,8H,1H3. The van der Waals surface area contributed by atoms with E-state index in [9.17, 15) is 4.79 Å². The summed E-state index contributed by atoms with van der Waals surface area (Å²) >= 11 is 14.8. The van der Waals surface area contributed by atoms with Crippen molar-refractivity contribution in [2.45, 2.75) is 4.84 Å². The molecule has 0 N–H and O–H groups in total. The fourth-order valence-corrected chi connectivity index (χ4v) is 2.16. The van der Waals surface area contributed by atoms with Crippen LogP contribution < -0.4 is 0 Å². The van der Waals surface area contributed by atoms with Crippen molar-refractivity contribution < 1.29 is 9.53 Å². The zero-order chi connectivity index (χ0) is 12.6. The Labute approximate surface area is 116 Å². The lowest BCUT2D eigenvalue weighted by Crippen LogP contribution is -2.03. The molecule has 90 valence electrons. The molecule has 0 aliphatic heterocycles. The molecule has 0 atom stereocenters. The molecule has 2 rings (SSSR count). The Kier molecular flexibility index (Phi) is 3.61. The van der Waals surface area contributed by atoms with E-state index in [1.807, 2.05) is 0 Å². The molecule has 0 fully saturated rings. The van der Waals surface area contributed by atoms with Crippen LogP contribution in [0.1, 0.15) is 20.9 Å². The molecule has 0 unspecified atom stereocenters. The van der Waals surface area contributed by atoms with E-state index in [0.717, 1.165) is 0 Å². The van der Waals surface area contributed by atoms with Crippen LogP contribution in [0.25, 0.3) is 5.65 Å². The number of methoxy groups -OCH3 is 1. The first-order valence-corrected chi connectivity index (χ1v) is 6.24. The third-order valence-corrected chi connectivity index (χ3v) is 3.20. The lowest BCUT2D eigenvalue weighted by atomic mass is 10.3. The van der Waals surface area contributed by atoms with Gasteiger partial charge in [-0.05, 0) is 22.0 Å². The molecule has 0 aliphatic rings. The van der Waals surface area contributed by atoms with Gasteiger partial charge in [0, 0.05) is 12.4 Å². The van der Waals surface area contributed by atoms with Gasteiger partial charge in [0.05, 0.1) is 22.8 Å². The van der Waals surface area contributed by atoms with Gasteiger partial charge in [0.2, 0.25) is 0 Å². The van der Waals surface area contributed by atoms with Gasteiger partial charge < -0.3 is 9.14 Å². The summed E-state index contributed by atoms with van der Waals surface area (Å²) in [5.74, 6) is -0.420. The van der Waals surface area contributed by atoms with Crippen LogP contribution in [0.15, 0.2) is 22.9 Å². The Morgan fingerprint density at radius 3 is 2.82 bits per heavy atom. The summed E-state index contributed by atoms with van der Waals surface area (Å²) in [6.45, 7) is 0. The molecule has 4 nitrogen and oxygen atoms in total. The smallest absolute Gasteiger partial charge is 0.339 e. The maximum absolute atomic E-state index is 11.4. The van der Waals surface area contributed by atoms with Crippen LogP contribution in [0, 0.1) is 0 Å². The van der Waals surface area contributed by atoms with E-state index in [-0.39, 0.29) is 0 Å². The summed E-state index contributed by atoms with van der Waals surface area (Å²) in [5, 5.41) is 0. The highest BCUT2D eigenvalue weighted by Gasteiger charge is 2.14. The molecule has 2 heterocycles. The molecule has 0 saturated carbocycles. The number of fused-ring (bicyclic) bond motifs is 1. The summed E-state index contributed by atoms with van der Waals surface area (Å²) < 4.78 is 6.99. The fraction of sp³-hybridized carbons (Fsp3) is 0.200. The highest BCUT2D eigenvalue weighted by atomic mass is 79.9. The molecule has 17 heavy (non-hydrogen) atoms. The van der Waals surface area contributed by atoms with E-state index in [1.165, 1.54) is 7.11 Å². The molecule has 0 bridgehead atoms. The predicted octanol–water partition coefficient (Wildman–Crippen LogP) is 3.36. The molecule has 0 aliphatic carbocycles. The highest BCUT2D eigenvalue weighted by Crippen LogP contribution is 2.27. The average Bonchev–Trinajstić information content (AvgIpc) is 2.72. The van der Waals surface area contributed by atoms with Gasteiger partial charge in [0.25, 0.3) is 0 Å². The van der Waals surface area contributed by atoms with E-state index in [4.69, 9.17) is 23.2 Å². The Bertz CT molecular complexity index is 583. The summed E-state index contributed by atoms with van der Waals surface area (Å²) in [5.41, 5.74) is 1.58. The number of esters is 1. The molecular weight excluding hydrogens is 331 g/mol. The van der Waals surface area contributed by atoms with Gasteiger partial charge in [0.15, 0.2) is 10.5 Å². The number of hydrogen-bond acceptors (Lipinski definition) is 3. The maximum atomic E-state index is 11.4. The molecule has 0 radical (unpaired) electrons. The minimum Gasteiger partial charge on any atom is -0.465 e. The number of alkyl halides is 2. The third-order valence-electron chi connectivity index (χ3n) is 2.17. The topological polar surface area (TPSA) is 43.6 Å². The zero-order valence-corrected chi connectivity index (χ0v) is 11.8. The minimum absolute atomic E-state index is 0.413. The molecule has 0 aromatic carbocycles. The van der Waals surface area contributed by atoms with Crippen LogP contribution >= 0.6 is 39.1 Å². The summed E-state index contributed by atoms with van der Waals surface area (Å²) in [6, 6.07) is 1.63. The van der Waals surface area contributed by atoms with Crippen LogP contribution in [0.3, 0.4) is 0 Å². The summed E-state index contributed by atoms with van der Waals surface area (Å²) in [7, 11) is 1.33. The number of hydrogen-bond donors (Lipinski definition) is 0. The number of aromatic nitrogens is 2. The molecule has 0 amide bonds. The lowest BCUT2D eigenvalue weighted by molar-refractivity contribution is 0.0600. The molecule has 2 aromatic rings. The van der Waals surface area contributed by atoms with Gasteiger partial charge in [-0.3, -0.25) is 0 Å². The van der Waals surface area contributed by atoms with Gasteiger partial charge >= 0.3 is 5.97 Å². The monoisotopic (exact) mass is 336 g/mol. The van der Waals surface area contributed by atoms with Crippen molar-refractivity contribution >= 4 is 50.7 Å². The SMILES string of the molecule is COC(=O)c1cc(Br)c2nc(C(Cl)Cl)cn2c1. The Morgan fingerprint density at radius 1 is 1.53 bits per heavy atom. The lowest BCUT2D eigenvalue weighted by Gasteiger charge is -2.01. The number of carbonyl (C=O) groups excluding carboxylic acids is 1. The molecule has 0 spiro atoms. The minimum atomic E-state index is -0.705. The van der Waals surface area contributed by atoms with Crippen molar-refractivity contribution in [1.82, 2.24) is 9.38 Å². The molecule has 7 heteroatoms. The number of carbonyl (C=O) groups is 1. The van der Waals surface area contributed by atoms with Crippen LogP contribution in [0.4, 0.5) is 0 Å². The van der Waals surface area contributed by atoms with Crippen molar-refractivity contribution in [3.8, 4) is 0 Å². The summed E-state index contributed by atoms with van der Waals surface area (Å²) in [6.07, 6.45) is 3.27. The second-order valence-corrected chi connectivity index (χ2v) is 5.22. The average molecular weight is 338 g/mol. The number of rotatable bonds is 2. The van der Waals surface area contributed by atoms with E-state index < -0.39 is 10.8 Å². The first-order chi connectivity index (χ1) is 8.02. The number of pyridine rings is 1. The van der Waals surface area contributed by atoms with Crippen LogP contribution in [0.2, 0.25) is 0 Å². The summed E-state index contributed by atoms with van der Waals surface area (Å²) in [4.78, 5) is 15.0. The Hall–Kier alpha value is -0.780. The van der Waals surface area contributed by atoms with Gasteiger partial charge in [-0.1, -0.05) is 23.2 Å². The van der Waals surface area contributed by atoms with Crippen molar-refractivity contribution in [2.75, 3.05) is 7.11 Å². The van der Waals surface area contributed by atoms with Crippen LogP contribution in [0.5, 0.6) is 0 Å². The Balaban J connectivity index is 2.61. The first-order valence-electron chi connectivity index (χ1n) is 4.57. The van der Waals surface area contributed by atoms with Gasteiger partial charge in [0.1, 0.15) is 0 Å². The molecule has 2 aromatic heterocycles. The second kappa shape index (κ2) is 4.84. The van der Waals surface area contributed by atoms with E-state index in [0.29, 0.717) is 21.4 Å². The van der Waals surface area contributed by atoms with Crippen molar-refractivity contribution in [3.63, 3.8) is 0 Å². The maximum Gasteiger partial charge on any atom is 0.339 e. The Morgan fingerprint density at radius 2 is 2.24 bits per heavy atom. The fourth-order valence-electron chi connectivity index (χ4n) is 1.41. The number of nitrogens with zero attached hydrogens (tertiary/aromatic N) is 2. The van der Waals surface area contributed by atoms with Crippen molar-refractivity contribution in [2.24, 2.45) is 0 Å². The third kappa shape index (κ3) is 2.41. The number of halogens is 3. The van der Waals surface area contributed by atoms with E-state index in [2.05, 4.69) is 25.7 Å².